The fourth-order valence-electron chi connectivity index (χ4n) is 3.40. The Morgan fingerprint density at radius 2 is 1.83 bits per heavy atom. The van der Waals surface area contributed by atoms with Crippen LogP contribution in [0.3, 0.4) is 0 Å². The lowest BCUT2D eigenvalue weighted by Gasteiger charge is -2.25. The zero-order valence-electron chi connectivity index (χ0n) is 12.5. The number of alkyl halides is 3. The first kappa shape index (κ1) is 16.4. The predicted octanol–water partition coefficient (Wildman–Crippen LogP) is 4.60. The Morgan fingerprint density at radius 1 is 1.13 bits per heavy atom. The number of ketones is 1. The van der Waals surface area contributed by atoms with Gasteiger partial charge in [0.05, 0.1) is 21.4 Å². The molecular weight excluding hydrogens is 323 g/mol. The molecule has 1 fully saturated rings. The van der Waals surface area contributed by atoms with Gasteiger partial charge in [-0.1, -0.05) is 43.2 Å². The molecule has 0 amide bonds. The van der Waals surface area contributed by atoms with Gasteiger partial charge in [0.25, 0.3) is 0 Å². The maximum atomic E-state index is 12.9. The summed E-state index contributed by atoms with van der Waals surface area (Å²) in [4.78, 5) is 12.7. The van der Waals surface area contributed by atoms with Crippen LogP contribution in [0.4, 0.5) is 13.2 Å². The van der Waals surface area contributed by atoms with Gasteiger partial charge < -0.3 is 5.73 Å². The van der Waals surface area contributed by atoms with Crippen LogP contribution in [0.15, 0.2) is 29.3 Å². The van der Waals surface area contributed by atoms with Gasteiger partial charge >= 0.3 is 6.18 Å². The van der Waals surface area contributed by atoms with E-state index in [2.05, 4.69) is 0 Å². The Kier molecular flexibility index (Phi) is 4.45. The number of carbonyl (C=O) groups is 1. The average molecular weight is 341 g/mol. The Labute approximate surface area is 137 Å². The van der Waals surface area contributed by atoms with E-state index < -0.39 is 11.7 Å². The van der Waals surface area contributed by atoms with Gasteiger partial charge in [0, 0.05) is 0 Å². The molecule has 0 aromatic heterocycles. The Bertz CT molecular complexity index is 647. The van der Waals surface area contributed by atoms with E-state index in [0.29, 0.717) is 5.03 Å². The fourth-order valence-corrected chi connectivity index (χ4v) is 4.70. The van der Waals surface area contributed by atoms with E-state index in [1.165, 1.54) is 30.3 Å². The van der Waals surface area contributed by atoms with Crippen molar-refractivity contribution in [2.75, 3.05) is 0 Å². The second-order valence-electron chi connectivity index (χ2n) is 6.12. The Morgan fingerprint density at radius 3 is 2.48 bits per heavy atom. The molecule has 1 aromatic carbocycles. The first-order valence-corrected chi connectivity index (χ1v) is 8.64. The van der Waals surface area contributed by atoms with Gasteiger partial charge in [-0.25, -0.2) is 0 Å². The molecule has 2 aliphatic rings. The SMILES string of the molecule is NC1=C(c2cccc(C(F)(F)F)c2)C(=O)C(C2CCCCC2)S1. The second-order valence-corrected chi connectivity index (χ2v) is 7.30. The summed E-state index contributed by atoms with van der Waals surface area (Å²) in [5.74, 6) is 0.168. The number of allylic oxidation sites excluding steroid dienone is 1. The van der Waals surface area contributed by atoms with Crippen LogP contribution in [0.2, 0.25) is 0 Å². The third-order valence-corrected chi connectivity index (χ3v) is 5.87. The summed E-state index contributed by atoms with van der Waals surface area (Å²) >= 11 is 1.32. The molecule has 0 radical (unpaired) electrons. The maximum absolute atomic E-state index is 12.9. The van der Waals surface area contributed by atoms with Gasteiger partial charge in [0.15, 0.2) is 5.78 Å². The maximum Gasteiger partial charge on any atom is 0.416 e. The van der Waals surface area contributed by atoms with Crippen LogP contribution < -0.4 is 5.73 Å². The van der Waals surface area contributed by atoms with Crippen LogP contribution in [-0.4, -0.2) is 11.0 Å². The van der Waals surface area contributed by atoms with Crippen molar-refractivity contribution in [1.29, 1.82) is 0 Å². The number of benzene rings is 1. The molecule has 1 aliphatic carbocycles. The second kappa shape index (κ2) is 6.23. The summed E-state index contributed by atoms with van der Waals surface area (Å²) < 4.78 is 38.6. The summed E-state index contributed by atoms with van der Waals surface area (Å²) in [7, 11) is 0. The van der Waals surface area contributed by atoms with E-state index in [9.17, 15) is 18.0 Å². The highest BCUT2D eigenvalue weighted by Crippen LogP contribution is 2.45. The molecule has 1 unspecified atom stereocenters. The van der Waals surface area contributed by atoms with E-state index in [-0.39, 0.29) is 28.1 Å². The molecule has 0 saturated heterocycles. The summed E-state index contributed by atoms with van der Waals surface area (Å²) in [6, 6.07) is 4.87. The zero-order chi connectivity index (χ0) is 16.6. The van der Waals surface area contributed by atoms with Crippen LogP contribution in [0.25, 0.3) is 5.57 Å². The first-order valence-electron chi connectivity index (χ1n) is 7.76. The number of thioether (sulfide) groups is 1. The number of rotatable bonds is 2. The lowest BCUT2D eigenvalue weighted by Crippen LogP contribution is -2.26. The number of hydrogen-bond acceptors (Lipinski definition) is 3. The summed E-state index contributed by atoms with van der Waals surface area (Å²) in [6.07, 6.45) is 0.953. The van der Waals surface area contributed by atoms with Crippen LogP contribution in [0, 0.1) is 5.92 Å². The van der Waals surface area contributed by atoms with E-state index in [0.717, 1.165) is 37.8 Å². The molecular formula is C17H18F3NOS. The summed E-state index contributed by atoms with van der Waals surface area (Å²) in [5, 5.41) is 0.116. The molecule has 124 valence electrons. The van der Waals surface area contributed by atoms with Gasteiger partial charge in [-0.05, 0) is 36.5 Å². The minimum Gasteiger partial charge on any atom is -0.393 e. The Balaban J connectivity index is 1.88. The van der Waals surface area contributed by atoms with Crippen LogP contribution >= 0.6 is 11.8 Å². The number of Topliss-reactive ketones (excluding diaryl/α,β-unsaturated/α-hetero) is 1. The number of nitrogens with two attached hydrogens (primary N) is 1. The van der Waals surface area contributed by atoms with E-state index >= 15 is 0 Å². The largest absolute Gasteiger partial charge is 0.416 e. The van der Waals surface area contributed by atoms with Crippen LogP contribution in [0.5, 0.6) is 0 Å². The molecule has 1 saturated carbocycles. The van der Waals surface area contributed by atoms with Crippen LogP contribution in [0.1, 0.15) is 43.2 Å². The molecule has 23 heavy (non-hydrogen) atoms. The highest BCUT2D eigenvalue weighted by atomic mass is 32.2. The van der Waals surface area contributed by atoms with Gasteiger partial charge in [-0.3, -0.25) is 4.79 Å². The average Bonchev–Trinajstić information content (AvgIpc) is 2.82. The molecule has 1 heterocycles. The van der Waals surface area contributed by atoms with Crippen molar-refractivity contribution in [3.63, 3.8) is 0 Å². The lowest BCUT2D eigenvalue weighted by atomic mass is 9.83. The molecule has 1 aromatic rings. The summed E-state index contributed by atoms with van der Waals surface area (Å²) in [6.45, 7) is 0. The quantitative estimate of drug-likeness (QED) is 0.855. The van der Waals surface area contributed by atoms with Crippen molar-refractivity contribution in [3.05, 3.63) is 40.4 Å². The molecule has 0 bridgehead atoms. The Hall–Kier alpha value is -1.43. The fraction of sp³-hybridized carbons (Fsp3) is 0.471. The predicted molar refractivity (Wildman–Crippen MR) is 85.5 cm³/mol. The topological polar surface area (TPSA) is 43.1 Å². The van der Waals surface area contributed by atoms with Crippen molar-refractivity contribution in [2.24, 2.45) is 11.7 Å². The van der Waals surface area contributed by atoms with E-state index in [1.807, 2.05) is 0 Å². The van der Waals surface area contributed by atoms with Crippen LogP contribution in [-0.2, 0) is 11.0 Å². The molecule has 3 rings (SSSR count). The molecule has 2 nitrogen and oxygen atoms in total. The molecule has 6 heteroatoms. The van der Waals surface area contributed by atoms with Crippen molar-refractivity contribution >= 4 is 23.1 Å². The molecule has 0 spiro atoms. The minimum atomic E-state index is -4.43. The normalized spacial score (nSPS) is 23.6. The van der Waals surface area contributed by atoms with E-state index in [4.69, 9.17) is 5.73 Å². The third kappa shape index (κ3) is 3.27. The van der Waals surface area contributed by atoms with Gasteiger partial charge in [-0.2, -0.15) is 13.2 Å². The molecule has 2 N–H and O–H groups in total. The molecule has 1 aliphatic heterocycles. The standard InChI is InChI=1S/C17H18F3NOS/c18-17(19,20)12-8-4-7-11(9-12)13-14(22)15(23-16(13)21)10-5-2-1-3-6-10/h4,7-10,15H,1-3,5-6,21H2. The number of halogens is 3. The highest BCUT2D eigenvalue weighted by Gasteiger charge is 2.39. The third-order valence-electron chi connectivity index (χ3n) is 4.56. The van der Waals surface area contributed by atoms with Crippen molar-refractivity contribution in [1.82, 2.24) is 0 Å². The smallest absolute Gasteiger partial charge is 0.393 e. The first-order chi connectivity index (χ1) is 10.9. The highest BCUT2D eigenvalue weighted by molar-refractivity contribution is 8.05. The number of carbonyl (C=O) groups excluding carboxylic acids is 1. The van der Waals surface area contributed by atoms with Gasteiger partial charge in [-0.15, -0.1) is 0 Å². The van der Waals surface area contributed by atoms with E-state index in [1.54, 1.807) is 0 Å². The zero-order valence-corrected chi connectivity index (χ0v) is 13.3. The summed E-state index contributed by atoms with van der Waals surface area (Å²) in [5.41, 5.74) is 5.78. The van der Waals surface area contributed by atoms with Crippen molar-refractivity contribution in [2.45, 2.75) is 43.5 Å². The van der Waals surface area contributed by atoms with Gasteiger partial charge in [0.1, 0.15) is 0 Å². The minimum absolute atomic E-state index is 0.112. The monoisotopic (exact) mass is 341 g/mol. The number of hydrogen-bond donors (Lipinski definition) is 1. The van der Waals surface area contributed by atoms with Crippen molar-refractivity contribution < 1.29 is 18.0 Å². The lowest BCUT2D eigenvalue weighted by molar-refractivity contribution is -0.137. The van der Waals surface area contributed by atoms with Gasteiger partial charge in [0.2, 0.25) is 0 Å². The van der Waals surface area contributed by atoms with Crippen molar-refractivity contribution in [3.8, 4) is 0 Å². The molecule has 1 atom stereocenters.